The normalized spacial score (nSPS) is 27.3. The summed E-state index contributed by atoms with van der Waals surface area (Å²) in [5, 5.41) is 93.8. The van der Waals surface area contributed by atoms with Gasteiger partial charge in [-0.3, -0.25) is 14.4 Å². The molecule has 0 spiro atoms. The van der Waals surface area contributed by atoms with Crippen molar-refractivity contribution in [2.45, 2.75) is 48.8 Å². The summed E-state index contributed by atoms with van der Waals surface area (Å²) in [5.74, 6) is -9.05. The first kappa shape index (κ1) is 29.8. The van der Waals surface area contributed by atoms with E-state index in [-0.39, 0.29) is 16.9 Å². The summed E-state index contributed by atoms with van der Waals surface area (Å²) in [6, 6.07) is 8.21. The van der Waals surface area contributed by atoms with Gasteiger partial charge in [0, 0.05) is 19.3 Å². The van der Waals surface area contributed by atoms with Gasteiger partial charge < -0.3 is 45.6 Å². The first-order valence-electron chi connectivity index (χ1n) is 12.6. The van der Waals surface area contributed by atoms with E-state index in [1.165, 1.54) is 30.3 Å². The monoisotopic (exact) mass is 600 g/mol. The Balaban J connectivity index is 1.60. The van der Waals surface area contributed by atoms with E-state index in [1.807, 2.05) is 0 Å². The van der Waals surface area contributed by atoms with Crippen LogP contribution in [-0.2, 0) is 30.5 Å². The van der Waals surface area contributed by atoms with Gasteiger partial charge in [-0.15, -0.1) is 0 Å². The first-order valence-corrected chi connectivity index (χ1v) is 12.6. The molecular formula is C28H24O15. The largest absolute Gasteiger partial charge is 0.508 e. The first-order chi connectivity index (χ1) is 20.1. The van der Waals surface area contributed by atoms with Crippen LogP contribution in [0.4, 0.5) is 0 Å². The van der Waals surface area contributed by atoms with E-state index in [9.17, 15) is 60.0 Å². The summed E-state index contributed by atoms with van der Waals surface area (Å²) in [6.07, 6.45) is -5.18. The number of aromatic hydroxyl groups is 1. The Bertz CT molecular complexity index is 1650. The molecule has 3 aliphatic rings. The maximum Gasteiger partial charge on any atom is 0.342 e. The van der Waals surface area contributed by atoms with Crippen LogP contribution in [-0.4, -0.2) is 92.7 Å². The second kappa shape index (κ2) is 9.98. The highest BCUT2D eigenvalue weighted by Gasteiger charge is 2.71. The fraction of sp³-hybridized carbons (Fsp3) is 0.286. The molecular weight excluding hydrogens is 576 g/mol. The number of aliphatic hydroxyl groups is 6. The lowest BCUT2D eigenvalue weighted by Gasteiger charge is -2.54. The van der Waals surface area contributed by atoms with Crippen molar-refractivity contribution in [3.8, 4) is 22.6 Å². The van der Waals surface area contributed by atoms with Crippen molar-refractivity contribution in [3.63, 3.8) is 0 Å². The number of aliphatic hydroxyl groups excluding tert-OH is 3. The van der Waals surface area contributed by atoms with Crippen molar-refractivity contribution >= 4 is 29.3 Å². The van der Waals surface area contributed by atoms with Gasteiger partial charge in [0.25, 0.3) is 0 Å². The molecule has 0 saturated heterocycles. The molecule has 9 N–H and O–H groups in total. The molecule has 0 radical (unpaired) electrons. The van der Waals surface area contributed by atoms with Crippen LogP contribution in [0.1, 0.15) is 30.4 Å². The Kier molecular flexibility index (Phi) is 6.92. The van der Waals surface area contributed by atoms with Crippen LogP contribution >= 0.6 is 0 Å². The fourth-order valence-corrected chi connectivity index (χ4v) is 6.02. The predicted molar refractivity (Wildman–Crippen MR) is 138 cm³/mol. The highest BCUT2D eigenvalue weighted by atomic mass is 17.1. The zero-order valence-electron chi connectivity index (χ0n) is 21.8. The SMILES string of the molecule is O=C(CC(O)OO)Oc1ccc(-c2ccc(O)c3c2C[C@@]2(O)C[C@@]4(O)CC(=O)C(C(=O)O)=C(O)[C@@]4(O)C(=O)C2=C3O)cc1. The number of hydrogen-bond donors (Lipinski definition) is 9. The minimum Gasteiger partial charge on any atom is -0.508 e. The summed E-state index contributed by atoms with van der Waals surface area (Å²) in [7, 11) is 0. The number of Topliss-reactive ketones (excluding diaryl/α,β-unsaturated/α-hetero) is 2. The molecule has 4 atom stereocenters. The predicted octanol–water partition coefficient (Wildman–Crippen LogP) is 0.0235. The number of ketones is 2. The van der Waals surface area contributed by atoms with Gasteiger partial charge in [0.05, 0.1) is 17.6 Å². The van der Waals surface area contributed by atoms with Gasteiger partial charge in [0.2, 0.25) is 11.4 Å². The number of carbonyl (C=O) groups excluding carboxylic acids is 3. The van der Waals surface area contributed by atoms with Gasteiger partial charge in [-0.2, -0.15) is 0 Å². The van der Waals surface area contributed by atoms with Crippen molar-refractivity contribution in [2.75, 3.05) is 0 Å². The summed E-state index contributed by atoms with van der Waals surface area (Å²) in [4.78, 5) is 53.2. The minimum absolute atomic E-state index is 0.0325. The van der Waals surface area contributed by atoms with Crippen LogP contribution in [0, 0.1) is 0 Å². The Labute approximate surface area is 240 Å². The molecule has 1 unspecified atom stereocenters. The zero-order chi connectivity index (χ0) is 31.6. The quantitative estimate of drug-likeness (QED) is 0.0528. The zero-order valence-corrected chi connectivity index (χ0v) is 21.8. The van der Waals surface area contributed by atoms with Crippen LogP contribution in [0.2, 0.25) is 0 Å². The molecule has 0 amide bonds. The molecule has 3 aliphatic carbocycles. The average molecular weight is 600 g/mol. The number of ether oxygens (including phenoxy) is 1. The van der Waals surface area contributed by atoms with Crippen molar-refractivity contribution in [1.82, 2.24) is 0 Å². The number of fused-ring (bicyclic) bond motifs is 3. The molecule has 15 nitrogen and oxygen atoms in total. The van der Waals surface area contributed by atoms with Gasteiger partial charge in [-0.1, -0.05) is 18.2 Å². The number of carboxylic acids is 1. The number of carbonyl (C=O) groups is 4. The summed E-state index contributed by atoms with van der Waals surface area (Å²) < 4.78 is 5.04. The lowest BCUT2D eigenvalue weighted by atomic mass is 9.55. The topological polar surface area (TPSA) is 269 Å². The Morgan fingerprint density at radius 1 is 0.953 bits per heavy atom. The molecule has 0 aliphatic heterocycles. The standard InChI is InChI=1S/C28H24O15/c29-15-6-5-13(11-1-3-12(4-2-11)42-17(31)7-18(32)43-41)14-8-26(38)10-27(39)9-16(30)20(25(36)37)23(34)28(27,40)24(35)21(26)22(33)19(14)15/h1-6,18,29,32-34,38-41H,7-10H2,(H,36,37)/t18?,26-,27+,28-/m1/s1. The van der Waals surface area contributed by atoms with Crippen molar-refractivity contribution < 1.29 is 74.9 Å². The van der Waals surface area contributed by atoms with E-state index in [4.69, 9.17) is 9.99 Å². The molecule has 226 valence electrons. The van der Waals surface area contributed by atoms with Gasteiger partial charge in [0.15, 0.2) is 17.8 Å². The van der Waals surface area contributed by atoms with E-state index >= 15 is 0 Å². The average Bonchev–Trinajstić information content (AvgIpc) is 2.91. The molecule has 0 bridgehead atoms. The lowest BCUT2D eigenvalue weighted by molar-refractivity contribution is -0.333. The number of hydrogen-bond acceptors (Lipinski definition) is 14. The van der Waals surface area contributed by atoms with Crippen LogP contribution in [0.5, 0.6) is 11.5 Å². The molecule has 5 rings (SSSR count). The van der Waals surface area contributed by atoms with Gasteiger partial charge >= 0.3 is 11.9 Å². The van der Waals surface area contributed by atoms with Gasteiger partial charge in [-0.05, 0) is 34.9 Å². The molecule has 1 saturated carbocycles. The number of phenols is 1. The van der Waals surface area contributed by atoms with Crippen LogP contribution in [0.25, 0.3) is 16.9 Å². The second-order valence-electron chi connectivity index (χ2n) is 10.6. The highest BCUT2D eigenvalue weighted by Crippen LogP contribution is 2.56. The van der Waals surface area contributed by atoms with Crippen LogP contribution < -0.4 is 4.74 Å². The minimum atomic E-state index is -3.42. The van der Waals surface area contributed by atoms with E-state index in [0.717, 1.165) is 6.07 Å². The number of aliphatic carboxylic acids is 1. The summed E-state index contributed by atoms with van der Waals surface area (Å²) in [6.45, 7) is 0. The molecule has 0 heterocycles. The summed E-state index contributed by atoms with van der Waals surface area (Å²) in [5.41, 5.74) is -10.6. The molecule has 1 fully saturated rings. The Morgan fingerprint density at radius 3 is 2.21 bits per heavy atom. The van der Waals surface area contributed by atoms with Crippen molar-refractivity contribution in [2.24, 2.45) is 0 Å². The Hall–Kier alpha value is -4.64. The highest BCUT2D eigenvalue weighted by molar-refractivity contribution is 6.22. The number of carboxylic acid groups (broad SMARTS) is 1. The van der Waals surface area contributed by atoms with Gasteiger partial charge in [-0.25, -0.2) is 14.9 Å². The molecule has 2 aromatic carbocycles. The third kappa shape index (κ3) is 4.37. The lowest BCUT2D eigenvalue weighted by Crippen LogP contribution is -2.72. The van der Waals surface area contributed by atoms with E-state index in [1.54, 1.807) is 0 Å². The van der Waals surface area contributed by atoms with E-state index in [2.05, 4.69) is 4.89 Å². The molecule has 0 aromatic heterocycles. The third-order valence-corrected chi connectivity index (χ3v) is 7.90. The van der Waals surface area contributed by atoms with Crippen LogP contribution in [0.3, 0.4) is 0 Å². The van der Waals surface area contributed by atoms with Crippen molar-refractivity contribution in [1.29, 1.82) is 0 Å². The Morgan fingerprint density at radius 2 is 1.60 bits per heavy atom. The molecule has 2 aromatic rings. The second-order valence-corrected chi connectivity index (χ2v) is 10.6. The number of rotatable bonds is 6. The third-order valence-electron chi connectivity index (χ3n) is 7.90. The maximum atomic E-state index is 13.7. The number of phenolic OH excluding ortho intramolecular Hbond substituents is 1. The summed E-state index contributed by atoms with van der Waals surface area (Å²) >= 11 is 0. The fourth-order valence-electron chi connectivity index (χ4n) is 6.02. The maximum absolute atomic E-state index is 13.7. The number of benzene rings is 2. The van der Waals surface area contributed by atoms with E-state index in [0.29, 0.717) is 11.1 Å². The molecule has 43 heavy (non-hydrogen) atoms. The van der Waals surface area contributed by atoms with Gasteiger partial charge in [0.1, 0.15) is 34.0 Å². The van der Waals surface area contributed by atoms with E-state index < -0.39 is 101 Å². The molecule has 15 heteroatoms. The van der Waals surface area contributed by atoms with Crippen LogP contribution in [0.15, 0.2) is 53.3 Å². The van der Waals surface area contributed by atoms with Crippen molar-refractivity contribution in [3.05, 3.63) is 64.4 Å². The number of esters is 1. The smallest absolute Gasteiger partial charge is 0.342 e.